The van der Waals surface area contributed by atoms with Gasteiger partial charge in [0, 0.05) is 17.8 Å². The van der Waals surface area contributed by atoms with Crippen molar-refractivity contribution in [2.75, 3.05) is 18.5 Å². The van der Waals surface area contributed by atoms with Crippen molar-refractivity contribution in [3.05, 3.63) is 52.0 Å². The summed E-state index contributed by atoms with van der Waals surface area (Å²) in [7, 11) is 0. The first kappa shape index (κ1) is 15.8. The van der Waals surface area contributed by atoms with Crippen LogP contribution in [0.2, 0.25) is 5.02 Å². The number of nitrogens with one attached hydrogen (secondary N) is 2. The highest BCUT2D eigenvalue weighted by Gasteiger charge is 2.20. The van der Waals surface area contributed by atoms with Gasteiger partial charge in [0.25, 0.3) is 5.91 Å². The molecule has 0 aliphatic carbocycles. The van der Waals surface area contributed by atoms with Gasteiger partial charge in [-0.2, -0.15) is 0 Å². The van der Waals surface area contributed by atoms with E-state index in [9.17, 15) is 9.59 Å². The number of amides is 2. The molecule has 6 nitrogen and oxygen atoms in total. The Bertz CT molecular complexity index is 882. The van der Waals surface area contributed by atoms with Crippen LogP contribution >= 0.6 is 11.6 Å². The Labute approximate surface area is 149 Å². The molecule has 2 aliphatic rings. The summed E-state index contributed by atoms with van der Waals surface area (Å²) < 4.78 is 11.0. The lowest BCUT2D eigenvalue weighted by molar-refractivity contribution is -0.115. The fraction of sp³-hybridized carbons (Fsp3) is 0.222. The Morgan fingerprint density at radius 1 is 1.20 bits per heavy atom. The standard InChI is InChI=1S/C18H15ClN2O4/c19-14-5-10(6-15-17(14)25-4-3-24-15)7-16(22)21-12-2-1-11-9-20-18(23)13(11)8-12/h1-2,5-6,8H,3-4,7,9H2,(H,20,23)(H,21,22). The highest BCUT2D eigenvalue weighted by molar-refractivity contribution is 6.32. The van der Waals surface area contributed by atoms with Crippen LogP contribution in [0, 0.1) is 0 Å². The highest BCUT2D eigenvalue weighted by atomic mass is 35.5. The molecule has 0 saturated carbocycles. The number of carbonyl (C=O) groups excluding carboxylic acids is 2. The highest BCUT2D eigenvalue weighted by Crippen LogP contribution is 2.38. The van der Waals surface area contributed by atoms with Crippen LogP contribution < -0.4 is 20.1 Å². The van der Waals surface area contributed by atoms with Crippen LogP contribution in [0.25, 0.3) is 0 Å². The summed E-state index contributed by atoms with van der Waals surface area (Å²) >= 11 is 6.19. The van der Waals surface area contributed by atoms with Crippen LogP contribution in [0.4, 0.5) is 5.69 Å². The SMILES string of the molecule is O=C(Cc1cc(Cl)c2c(c1)OCCO2)Nc1ccc2c(c1)C(=O)NC2. The average molecular weight is 359 g/mol. The van der Waals surface area contributed by atoms with Gasteiger partial charge in [-0.1, -0.05) is 17.7 Å². The van der Waals surface area contributed by atoms with Gasteiger partial charge in [0.1, 0.15) is 13.2 Å². The predicted molar refractivity (Wildman–Crippen MR) is 92.4 cm³/mol. The first-order valence-corrected chi connectivity index (χ1v) is 8.27. The molecular weight excluding hydrogens is 344 g/mol. The van der Waals surface area contributed by atoms with Gasteiger partial charge < -0.3 is 20.1 Å². The maximum atomic E-state index is 12.3. The lowest BCUT2D eigenvalue weighted by Gasteiger charge is -2.20. The number of fused-ring (bicyclic) bond motifs is 2. The Balaban J connectivity index is 1.49. The molecule has 0 unspecified atom stereocenters. The fourth-order valence-electron chi connectivity index (χ4n) is 2.95. The van der Waals surface area contributed by atoms with Crippen molar-refractivity contribution in [1.82, 2.24) is 5.32 Å². The van der Waals surface area contributed by atoms with E-state index in [1.54, 1.807) is 24.3 Å². The molecule has 2 N–H and O–H groups in total. The number of hydrogen-bond donors (Lipinski definition) is 2. The van der Waals surface area contributed by atoms with Crippen molar-refractivity contribution < 1.29 is 19.1 Å². The smallest absolute Gasteiger partial charge is 0.251 e. The summed E-state index contributed by atoms with van der Waals surface area (Å²) in [6.45, 7) is 1.44. The molecule has 0 radical (unpaired) electrons. The van der Waals surface area contributed by atoms with Crippen molar-refractivity contribution in [3.8, 4) is 11.5 Å². The van der Waals surface area contributed by atoms with E-state index >= 15 is 0 Å². The van der Waals surface area contributed by atoms with Gasteiger partial charge in [0.2, 0.25) is 5.91 Å². The van der Waals surface area contributed by atoms with Crippen molar-refractivity contribution in [2.45, 2.75) is 13.0 Å². The molecular formula is C18H15ClN2O4. The maximum absolute atomic E-state index is 12.3. The number of anilines is 1. The molecule has 0 bridgehead atoms. The van der Waals surface area contributed by atoms with E-state index in [1.165, 1.54) is 0 Å². The minimum atomic E-state index is -0.203. The summed E-state index contributed by atoms with van der Waals surface area (Å²) in [5.74, 6) is 0.744. The molecule has 0 saturated heterocycles. The third-order valence-corrected chi connectivity index (χ3v) is 4.38. The zero-order chi connectivity index (χ0) is 17.4. The van der Waals surface area contributed by atoms with Crippen molar-refractivity contribution >= 4 is 29.1 Å². The summed E-state index contributed by atoms with van der Waals surface area (Å²) in [5.41, 5.74) is 2.84. The monoisotopic (exact) mass is 358 g/mol. The fourth-order valence-corrected chi connectivity index (χ4v) is 3.24. The average Bonchev–Trinajstić information content (AvgIpc) is 2.96. The third kappa shape index (κ3) is 3.13. The Morgan fingerprint density at radius 2 is 2.04 bits per heavy atom. The Hall–Kier alpha value is -2.73. The first-order chi connectivity index (χ1) is 12.1. The maximum Gasteiger partial charge on any atom is 0.251 e. The molecule has 2 aliphatic heterocycles. The van der Waals surface area contributed by atoms with Gasteiger partial charge in [-0.25, -0.2) is 0 Å². The van der Waals surface area contributed by atoms with Gasteiger partial charge in [0.05, 0.1) is 11.4 Å². The lowest BCUT2D eigenvalue weighted by atomic mass is 10.1. The minimum Gasteiger partial charge on any atom is -0.486 e. The van der Waals surface area contributed by atoms with Crippen LogP contribution in [0.1, 0.15) is 21.5 Å². The second-order valence-corrected chi connectivity index (χ2v) is 6.29. The van der Waals surface area contributed by atoms with E-state index < -0.39 is 0 Å². The zero-order valence-corrected chi connectivity index (χ0v) is 14.0. The van der Waals surface area contributed by atoms with Crippen molar-refractivity contribution in [3.63, 3.8) is 0 Å². The molecule has 0 spiro atoms. The molecule has 25 heavy (non-hydrogen) atoms. The Morgan fingerprint density at radius 3 is 2.92 bits per heavy atom. The van der Waals surface area contributed by atoms with Gasteiger partial charge in [-0.05, 0) is 35.4 Å². The second kappa shape index (κ2) is 6.29. The van der Waals surface area contributed by atoms with E-state index in [-0.39, 0.29) is 18.2 Å². The second-order valence-electron chi connectivity index (χ2n) is 5.88. The number of hydrogen-bond acceptors (Lipinski definition) is 4. The molecule has 2 aromatic carbocycles. The molecule has 2 heterocycles. The van der Waals surface area contributed by atoms with Crippen LogP contribution in [-0.4, -0.2) is 25.0 Å². The van der Waals surface area contributed by atoms with Crippen molar-refractivity contribution in [2.24, 2.45) is 0 Å². The minimum absolute atomic E-state index is 0.121. The predicted octanol–water partition coefficient (Wildman–Crippen LogP) is 2.54. The number of ether oxygens (including phenoxy) is 2. The van der Waals surface area contributed by atoms with Gasteiger partial charge in [-0.15, -0.1) is 0 Å². The molecule has 128 valence electrons. The first-order valence-electron chi connectivity index (χ1n) is 7.89. The molecule has 2 amide bonds. The van der Waals surface area contributed by atoms with E-state index in [4.69, 9.17) is 21.1 Å². The van der Waals surface area contributed by atoms with E-state index in [0.717, 1.165) is 11.1 Å². The van der Waals surface area contributed by atoms with E-state index in [0.29, 0.717) is 47.5 Å². The molecule has 0 atom stereocenters. The normalized spacial score (nSPS) is 14.7. The molecule has 0 aromatic heterocycles. The number of rotatable bonds is 3. The summed E-state index contributed by atoms with van der Waals surface area (Å²) in [6, 6.07) is 8.77. The summed E-state index contributed by atoms with van der Waals surface area (Å²) in [4.78, 5) is 24.0. The van der Waals surface area contributed by atoms with Gasteiger partial charge >= 0.3 is 0 Å². The number of halogens is 1. The molecule has 0 fully saturated rings. The Kier molecular flexibility index (Phi) is 3.97. The van der Waals surface area contributed by atoms with E-state index in [1.807, 2.05) is 6.07 Å². The topological polar surface area (TPSA) is 76.7 Å². The van der Waals surface area contributed by atoms with Crippen LogP contribution in [0.15, 0.2) is 30.3 Å². The quantitative estimate of drug-likeness (QED) is 0.884. The van der Waals surface area contributed by atoms with Crippen LogP contribution in [0.3, 0.4) is 0 Å². The molecule has 4 rings (SSSR count). The lowest BCUT2D eigenvalue weighted by Crippen LogP contribution is -2.17. The van der Waals surface area contributed by atoms with Crippen LogP contribution in [-0.2, 0) is 17.8 Å². The van der Waals surface area contributed by atoms with Gasteiger partial charge in [-0.3, -0.25) is 9.59 Å². The summed E-state index contributed by atoms with van der Waals surface area (Å²) in [6.07, 6.45) is 0.139. The molecule has 2 aromatic rings. The van der Waals surface area contributed by atoms with Gasteiger partial charge in [0.15, 0.2) is 11.5 Å². The van der Waals surface area contributed by atoms with Crippen LogP contribution in [0.5, 0.6) is 11.5 Å². The number of benzene rings is 2. The number of carbonyl (C=O) groups is 2. The summed E-state index contributed by atoms with van der Waals surface area (Å²) in [5, 5.41) is 5.98. The molecule has 7 heteroatoms. The van der Waals surface area contributed by atoms with E-state index in [2.05, 4.69) is 10.6 Å². The zero-order valence-electron chi connectivity index (χ0n) is 13.2. The largest absolute Gasteiger partial charge is 0.486 e. The third-order valence-electron chi connectivity index (χ3n) is 4.10. The van der Waals surface area contributed by atoms with Crippen molar-refractivity contribution in [1.29, 1.82) is 0 Å².